The van der Waals surface area contributed by atoms with E-state index in [2.05, 4.69) is 10.6 Å². The number of rotatable bonds is 6. The molecule has 0 fully saturated rings. The van der Waals surface area contributed by atoms with Crippen molar-refractivity contribution in [1.82, 2.24) is 0 Å². The normalized spacial score (nSPS) is 11.3. The van der Waals surface area contributed by atoms with E-state index in [0.717, 1.165) is 0 Å². The number of carbonyl (C=O) groups excluding carboxylic acids is 2. The molecule has 1 aromatic carbocycles. The highest BCUT2D eigenvalue weighted by Crippen LogP contribution is 2.17. The largest absolute Gasteiger partial charge is 0.326 e. The topological polar surface area (TPSA) is 84.2 Å². The van der Waals surface area contributed by atoms with E-state index in [1.807, 2.05) is 27.7 Å². The maximum absolute atomic E-state index is 11.8. The molecule has 5 heteroatoms. The second-order valence-corrected chi connectivity index (χ2v) is 6.26. The van der Waals surface area contributed by atoms with Gasteiger partial charge in [-0.05, 0) is 38.5 Å². The fourth-order valence-electron chi connectivity index (χ4n) is 1.62. The van der Waals surface area contributed by atoms with Gasteiger partial charge in [0.2, 0.25) is 11.8 Å². The SMILES string of the molecule is CC(C)C(=O)Nc1cccc(NC(=O)CCC(C)(C)N)c1. The Morgan fingerprint density at radius 1 is 1.19 bits per heavy atom. The van der Waals surface area contributed by atoms with E-state index in [0.29, 0.717) is 24.2 Å². The Hall–Kier alpha value is -1.88. The number of nitrogens with one attached hydrogen (secondary N) is 2. The van der Waals surface area contributed by atoms with Gasteiger partial charge in [0.25, 0.3) is 0 Å². The lowest BCUT2D eigenvalue weighted by Gasteiger charge is -2.17. The van der Waals surface area contributed by atoms with E-state index in [9.17, 15) is 9.59 Å². The predicted octanol–water partition coefficient (Wildman–Crippen LogP) is 2.74. The van der Waals surface area contributed by atoms with Crippen LogP contribution in [0.3, 0.4) is 0 Å². The molecule has 2 amide bonds. The van der Waals surface area contributed by atoms with Crippen molar-refractivity contribution >= 4 is 23.2 Å². The molecule has 0 heterocycles. The van der Waals surface area contributed by atoms with Gasteiger partial charge >= 0.3 is 0 Å². The van der Waals surface area contributed by atoms with Crippen LogP contribution in [-0.2, 0) is 9.59 Å². The van der Waals surface area contributed by atoms with E-state index in [-0.39, 0.29) is 23.3 Å². The Morgan fingerprint density at radius 2 is 1.76 bits per heavy atom. The van der Waals surface area contributed by atoms with Crippen molar-refractivity contribution in [3.05, 3.63) is 24.3 Å². The monoisotopic (exact) mass is 291 g/mol. The van der Waals surface area contributed by atoms with Crippen molar-refractivity contribution in [2.24, 2.45) is 11.7 Å². The van der Waals surface area contributed by atoms with Crippen molar-refractivity contribution in [2.75, 3.05) is 10.6 Å². The standard InChI is InChI=1S/C16H25N3O2/c1-11(2)15(21)19-13-7-5-6-12(10-13)18-14(20)8-9-16(3,4)17/h5-7,10-11H,8-9,17H2,1-4H3,(H,18,20)(H,19,21). The van der Waals surface area contributed by atoms with Gasteiger partial charge < -0.3 is 16.4 Å². The summed E-state index contributed by atoms with van der Waals surface area (Å²) in [4.78, 5) is 23.5. The highest BCUT2D eigenvalue weighted by Gasteiger charge is 2.13. The number of anilines is 2. The summed E-state index contributed by atoms with van der Waals surface area (Å²) >= 11 is 0. The van der Waals surface area contributed by atoms with Crippen LogP contribution in [0.15, 0.2) is 24.3 Å². The van der Waals surface area contributed by atoms with E-state index in [1.54, 1.807) is 24.3 Å². The minimum absolute atomic E-state index is 0.0524. The summed E-state index contributed by atoms with van der Waals surface area (Å²) < 4.78 is 0. The lowest BCUT2D eigenvalue weighted by atomic mass is 10.00. The van der Waals surface area contributed by atoms with Crippen LogP contribution in [-0.4, -0.2) is 17.4 Å². The average Bonchev–Trinajstić information content (AvgIpc) is 2.36. The zero-order valence-corrected chi connectivity index (χ0v) is 13.2. The Kier molecular flexibility index (Phi) is 5.90. The first-order valence-corrected chi connectivity index (χ1v) is 7.17. The third-order valence-corrected chi connectivity index (χ3v) is 2.93. The van der Waals surface area contributed by atoms with Gasteiger partial charge in [0.1, 0.15) is 0 Å². The first-order chi connectivity index (χ1) is 9.67. The quantitative estimate of drug-likeness (QED) is 0.753. The smallest absolute Gasteiger partial charge is 0.226 e. The zero-order chi connectivity index (χ0) is 16.0. The minimum atomic E-state index is -0.357. The second-order valence-electron chi connectivity index (χ2n) is 6.26. The molecule has 0 aliphatic heterocycles. The maximum atomic E-state index is 11.8. The van der Waals surface area contributed by atoms with Gasteiger partial charge in [-0.15, -0.1) is 0 Å². The summed E-state index contributed by atoms with van der Waals surface area (Å²) in [6, 6.07) is 7.11. The van der Waals surface area contributed by atoms with Gasteiger partial charge in [0.05, 0.1) is 0 Å². The molecule has 21 heavy (non-hydrogen) atoms. The highest BCUT2D eigenvalue weighted by molar-refractivity contribution is 5.94. The third kappa shape index (κ3) is 6.90. The van der Waals surface area contributed by atoms with Crippen LogP contribution in [0, 0.1) is 5.92 Å². The van der Waals surface area contributed by atoms with Crippen LogP contribution in [0.25, 0.3) is 0 Å². The van der Waals surface area contributed by atoms with Crippen molar-refractivity contribution in [3.8, 4) is 0 Å². The van der Waals surface area contributed by atoms with Gasteiger partial charge in [-0.1, -0.05) is 19.9 Å². The molecule has 1 rings (SSSR count). The first-order valence-electron chi connectivity index (χ1n) is 7.17. The Bertz CT molecular complexity index is 504. The van der Waals surface area contributed by atoms with Crippen molar-refractivity contribution in [3.63, 3.8) is 0 Å². The molecule has 0 spiro atoms. The molecule has 0 bridgehead atoms. The Labute approximate surface area is 126 Å². The van der Waals surface area contributed by atoms with E-state index >= 15 is 0 Å². The summed E-state index contributed by atoms with van der Waals surface area (Å²) in [5.74, 6) is -0.223. The summed E-state index contributed by atoms with van der Waals surface area (Å²) in [5, 5.41) is 5.61. The van der Waals surface area contributed by atoms with Crippen LogP contribution in [0.4, 0.5) is 11.4 Å². The number of nitrogens with two attached hydrogens (primary N) is 1. The Balaban J connectivity index is 2.60. The van der Waals surface area contributed by atoms with Gasteiger partial charge in [-0.2, -0.15) is 0 Å². The minimum Gasteiger partial charge on any atom is -0.326 e. The molecule has 4 N–H and O–H groups in total. The molecular weight excluding hydrogens is 266 g/mol. The van der Waals surface area contributed by atoms with Crippen LogP contribution >= 0.6 is 0 Å². The third-order valence-electron chi connectivity index (χ3n) is 2.93. The Morgan fingerprint density at radius 3 is 2.29 bits per heavy atom. The lowest BCUT2D eigenvalue weighted by molar-refractivity contribution is -0.119. The van der Waals surface area contributed by atoms with Gasteiger partial charge in [-0.3, -0.25) is 9.59 Å². The van der Waals surface area contributed by atoms with Gasteiger partial charge in [-0.25, -0.2) is 0 Å². The lowest BCUT2D eigenvalue weighted by Crippen LogP contribution is -2.33. The molecule has 0 radical (unpaired) electrons. The van der Waals surface area contributed by atoms with Gasteiger partial charge in [0.15, 0.2) is 0 Å². The molecule has 0 aromatic heterocycles. The fourth-order valence-corrected chi connectivity index (χ4v) is 1.62. The van der Waals surface area contributed by atoms with E-state index in [4.69, 9.17) is 5.73 Å². The molecular formula is C16H25N3O2. The van der Waals surface area contributed by atoms with E-state index in [1.165, 1.54) is 0 Å². The maximum Gasteiger partial charge on any atom is 0.226 e. The highest BCUT2D eigenvalue weighted by atomic mass is 16.2. The van der Waals surface area contributed by atoms with Crippen LogP contribution in [0.1, 0.15) is 40.5 Å². The predicted molar refractivity (Wildman–Crippen MR) is 86.0 cm³/mol. The van der Waals surface area contributed by atoms with Crippen LogP contribution < -0.4 is 16.4 Å². The molecule has 0 saturated heterocycles. The molecule has 116 valence electrons. The fraction of sp³-hybridized carbons (Fsp3) is 0.500. The van der Waals surface area contributed by atoms with Crippen LogP contribution in [0.5, 0.6) is 0 Å². The first kappa shape index (κ1) is 17.2. The molecule has 0 unspecified atom stereocenters. The number of hydrogen-bond donors (Lipinski definition) is 3. The van der Waals surface area contributed by atoms with Crippen LogP contribution in [0.2, 0.25) is 0 Å². The summed E-state index contributed by atoms with van der Waals surface area (Å²) in [7, 11) is 0. The molecule has 0 aliphatic carbocycles. The van der Waals surface area contributed by atoms with Crippen molar-refractivity contribution in [2.45, 2.75) is 46.1 Å². The second kappa shape index (κ2) is 7.22. The molecule has 5 nitrogen and oxygen atoms in total. The summed E-state index contributed by atoms with van der Waals surface area (Å²) in [5.41, 5.74) is 6.84. The van der Waals surface area contributed by atoms with Crippen molar-refractivity contribution < 1.29 is 9.59 Å². The zero-order valence-electron chi connectivity index (χ0n) is 13.2. The van der Waals surface area contributed by atoms with E-state index < -0.39 is 0 Å². The average molecular weight is 291 g/mol. The number of amides is 2. The number of carbonyl (C=O) groups is 2. The number of hydrogen-bond acceptors (Lipinski definition) is 3. The van der Waals surface area contributed by atoms with Gasteiger partial charge in [0, 0.05) is 29.3 Å². The molecule has 1 aromatic rings. The molecule has 0 atom stereocenters. The van der Waals surface area contributed by atoms with Crippen molar-refractivity contribution in [1.29, 1.82) is 0 Å². The molecule has 0 aliphatic rings. The molecule has 0 saturated carbocycles. The summed E-state index contributed by atoms with van der Waals surface area (Å²) in [6.45, 7) is 7.44. The summed E-state index contributed by atoms with van der Waals surface area (Å²) in [6.07, 6.45) is 0.981. The number of benzene rings is 1.